The minimum Gasteiger partial charge on any atom is -0.388 e. The van der Waals surface area contributed by atoms with E-state index in [1.807, 2.05) is 5.43 Å². The van der Waals surface area contributed by atoms with E-state index in [0.717, 1.165) is 10.9 Å². The first-order valence-electron chi connectivity index (χ1n) is 10.8. The van der Waals surface area contributed by atoms with Crippen LogP contribution in [-0.4, -0.2) is 32.6 Å². The second kappa shape index (κ2) is 10.8. The molecule has 3 aromatic carbocycles. The summed E-state index contributed by atoms with van der Waals surface area (Å²) >= 11 is 12.9. The number of aromatic nitrogens is 3. The number of benzene rings is 3. The highest BCUT2D eigenvalue weighted by atomic mass is 35.5. The lowest BCUT2D eigenvalue weighted by molar-refractivity contribution is -0.140. The molecule has 4 N–H and O–H groups in total. The number of esters is 2. The normalized spacial score (nSPS) is 12.3. The maximum atomic E-state index is 13.5. The predicted molar refractivity (Wildman–Crippen MR) is 137 cm³/mol. The monoisotopic (exact) mass is 553 g/mol. The van der Waals surface area contributed by atoms with Crippen molar-refractivity contribution in [3.8, 4) is 5.69 Å². The van der Waals surface area contributed by atoms with E-state index in [-0.39, 0.29) is 27.9 Å². The molecule has 1 atom stereocenters. The zero-order valence-electron chi connectivity index (χ0n) is 19.2. The van der Waals surface area contributed by atoms with Crippen LogP contribution in [0.25, 0.3) is 5.69 Å². The first-order valence-corrected chi connectivity index (χ1v) is 11.5. The summed E-state index contributed by atoms with van der Waals surface area (Å²) in [6.45, 7) is 0. The largest absolute Gasteiger partial charge is 0.388 e. The van der Waals surface area contributed by atoms with Gasteiger partial charge in [0.2, 0.25) is 0 Å². The predicted octanol–water partition coefficient (Wildman–Crippen LogP) is 2.04. The van der Waals surface area contributed by atoms with E-state index in [0.29, 0.717) is 5.02 Å². The molecular weight excluding hydrogens is 537 g/mol. The fourth-order valence-electron chi connectivity index (χ4n) is 3.60. The molecular formula is C25H17Cl2N5O6. The molecule has 0 saturated heterocycles. The van der Waals surface area contributed by atoms with E-state index in [4.69, 9.17) is 33.8 Å². The number of amides is 1. The van der Waals surface area contributed by atoms with Gasteiger partial charge in [0.25, 0.3) is 11.5 Å². The molecule has 0 bridgehead atoms. The standard InChI is InChI=1S/C25H17Cl2N5O6/c26-16-9-5-14(6-10-16)25(27,15-7-11-17(12-8-15)32-24(37)30-20(33)13-29-32)23(36)38-22(35)19-4-2-1-3-18(19)21(34)31-28/h1-13H,28H2,(H,31,34)(H,30,33,37). The van der Waals surface area contributed by atoms with E-state index in [1.54, 1.807) is 0 Å². The van der Waals surface area contributed by atoms with Crippen LogP contribution < -0.4 is 22.5 Å². The van der Waals surface area contributed by atoms with E-state index >= 15 is 0 Å². The lowest BCUT2D eigenvalue weighted by Crippen LogP contribution is -2.36. The van der Waals surface area contributed by atoms with Crippen molar-refractivity contribution in [2.24, 2.45) is 5.84 Å². The number of nitrogen functional groups attached to an aromatic ring is 1. The first kappa shape index (κ1) is 26.5. The van der Waals surface area contributed by atoms with Crippen molar-refractivity contribution < 1.29 is 19.1 Å². The average molecular weight is 554 g/mol. The summed E-state index contributed by atoms with van der Waals surface area (Å²) in [5, 5.41) is 4.15. The van der Waals surface area contributed by atoms with Crippen LogP contribution >= 0.6 is 23.2 Å². The van der Waals surface area contributed by atoms with Gasteiger partial charge < -0.3 is 4.74 Å². The Labute approximate surface area is 223 Å². The molecule has 11 nitrogen and oxygen atoms in total. The second-order valence-corrected chi connectivity index (χ2v) is 8.76. The lowest BCUT2D eigenvalue weighted by Gasteiger charge is -2.26. The minimum atomic E-state index is -2.05. The number of hydrazine groups is 1. The number of alkyl halides is 1. The molecule has 0 fully saturated rings. The Balaban J connectivity index is 1.75. The molecule has 4 aromatic rings. The summed E-state index contributed by atoms with van der Waals surface area (Å²) in [7, 11) is 0. The molecule has 0 aliphatic rings. The fourth-order valence-corrected chi connectivity index (χ4v) is 4.01. The van der Waals surface area contributed by atoms with Gasteiger partial charge in [-0.1, -0.05) is 59.6 Å². The number of ether oxygens (including phenoxy) is 1. The molecule has 1 amide bonds. The summed E-state index contributed by atoms with van der Waals surface area (Å²) in [5.74, 6) is 2.13. The maximum Gasteiger partial charge on any atom is 0.349 e. The second-order valence-electron chi connectivity index (χ2n) is 7.76. The summed E-state index contributed by atoms with van der Waals surface area (Å²) < 4.78 is 6.09. The molecule has 38 heavy (non-hydrogen) atoms. The van der Waals surface area contributed by atoms with Gasteiger partial charge in [-0.25, -0.2) is 20.2 Å². The molecule has 4 rings (SSSR count). The lowest BCUT2D eigenvalue weighted by atomic mass is 9.90. The highest BCUT2D eigenvalue weighted by Crippen LogP contribution is 2.39. The molecule has 192 valence electrons. The van der Waals surface area contributed by atoms with Crippen molar-refractivity contribution in [2.75, 3.05) is 0 Å². The van der Waals surface area contributed by atoms with Gasteiger partial charge in [-0.3, -0.25) is 20.0 Å². The third kappa shape index (κ3) is 5.11. The summed E-state index contributed by atoms with van der Waals surface area (Å²) in [6.07, 6.45) is 0.931. The molecule has 1 aromatic heterocycles. The molecule has 1 unspecified atom stereocenters. The Hall–Kier alpha value is -4.58. The van der Waals surface area contributed by atoms with Crippen molar-refractivity contribution in [3.05, 3.63) is 127 Å². The molecule has 1 heterocycles. The number of H-pyrrole nitrogens is 1. The van der Waals surface area contributed by atoms with Crippen molar-refractivity contribution >= 4 is 41.0 Å². The third-order valence-electron chi connectivity index (χ3n) is 5.45. The van der Waals surface area contributed by atoms with Gasteiger partial charge >= 0.3 is 17.6 Å². The number of nitrogens with one attached hydrogen (secondary N) is 2. The van der Waals surface area contributed by atoms with Gasteiger partial charge in [-0.05, 0) is 47.5 Å². The molecule has 0 radical (unpaired) electrons. The van der Waals surface area contributed by atoms with E-state index in [2.05, 4.69) is 10.1 Å². The number of nitrogens with zero attached hydrogens (tertiary/aromatic N) is 2. The van der Waals surface area contributed by atoms with Gasteiger partial charge in [0.15, 0.2) is 4.87 Å². The maximum absolute atomic E-state index is 13.5. The number of halogens is 2. The van der Waals surface area contributed by atoms with Crippen LogP contribution in [0, 0.1) is 0 Å². The number of nitrogens with two attached hydrogens (primary N) is 1. The minimum absolute atomic E-state index is 0.109. The number of hydrogen-bond acceptors (Lipinski definition) is 8. The smallest absolute Gasteiger partial charge is 0.349 e. The molecule has 0 saturated carbocycles. The topological polar surface area (TPSA) is 166 Å². The van der Waals surface area contributed by atoms with Crippen molar-refractivity contribution in [2.45, 2.75) is 4.87 Å². The van der Waals surface area contributed by atoms with Crippen LogP contribution in [-0.2, 0) is 14.4 Å². The number of carbonyl (C=O) groups excluding carboxylic acids is 3. The van der Waals surface area contributed by atoms with Gasteiger partial charge in [0.05, 0.1) is 16.8 Å². The average Bonchev–Trinajstić information content (AvgIpc) is 2.92. The highest BCUT2D eigenvalue weighted by molar-refractivity contribution is 6.37. The van der Waals surface area contributed by atoms with Crippen LogP contribution in [0.1, 0.15) is 31.8 Å². The fraction of sp³-hybridized carbons (Fsp3) is 0.0400. The first-order chi connectivity index (χ1) is 18.1. The Bertz CT molecular complexity index is 1650. The molecule has 0 aliphatic carbocycles. The quantitative estimate of drug-likeness (QED) is 0.0813. The van der Waals surface area contributed by atoms with Gasteiger partial charge in [-0.2, -0.15) is 9.78 Å². The number of rotatable bonds is 6. The van der Waals surface area contributed by atoms with Gasteiger partial charge in [0, 0.05) is 5.02 Å². The number of aromatic amines is 1. The van der Waals surface area contributed by atoms with Crippen LogP contribution in [0.5, 0.6) is 0 Å². The molecule has 0 spiro atoms. The Morgan fingerprint density at radius 3 is 2.08 bits per heavy atom. The van der Waals surface area contributed by atoms with E-state index in [1.165, 1.54) is 72.8 Å². The highest BCUT2D eigenvalue weighted by Gasteiger charge is 2.43. The number of carbonyl (C=O) groups is 3. The molecule has 13 heteroatoms. The Morgan fingerprint density at radius 2 is 1.50 bits per heavy atom. The Kier molecular flexibility index (Phi) is 7.53. The van der Waals surface area contributed by atoms with Crippen LogP contribution in [0.4, 0.5) is 0 Å². The van der Waals surface area contributed by atoms with Crippen LogP contribution in [0.15, 0.2) is 88.6 Å². The summed E-state index contributed by atoms with van der Waals surface area (Å²) in [5.41, 5.74) is 0.827. The van der Waals surface area contributed by atoms with E-state index < -0.39 is 34.0 Å². The van der Waals surface area contributed by atoms with Gasteiger partial charge in [0.1, 0.15) is 6.20 Å². The van der Waals surface area contributed by atoms with E-state index in [9.17, 15) is 24.0 Å². The summed E-state index contributed by atoms with van der Waals surface area (Å²) in [4.78, 5) is 62.0. The van der Waals surface area contributed by atoms with Crippen LogP contribution in [0.3, 0.4) is 0 Å². The SMILES string of the molecule is NNC(=O)c1ccccc1C(=O)OC(=O)C(Cl)(c1ccc(Cl)cc1)c1ccc(-n2ncc(=O)[nH]c2=O)cc1. The van der Waals surface area contributed by atoms with Crippen molar-refractivity contribution in [1.29, 1.82) is 0 Å². The molecule has 0 aliphatic heterocycles. The van der Waals surface area contributed by atoms with Crippen LogP contribution in [0.2, 0.25) is 5.02 Å². The zero-order valence-corrected chi connectivity index (χ0v) is 20.7. The Morgan fingerprint density at radius 1 is 0.921 bits per heavy atom. The van der Waals surface area contributed by atoms with Crippen molar-refractivity contribution in [1.82, 2.24) is 20.2 Å². The zero-order chi connectivity index (χ0) is 27.4. The third-order valence-corrected chi connectivity index (χ3v) is 6.30. The van der Waals surface area contributed by atoms with Gasteiger partial charge in [-0.15, -0.1) is 0 Å². The number of hydrogen-bond donors (Lipinski definition) is 3. The summed E-state index contributed by atoms with van der Waals surface area (Å²) in [6, 6.07) is 17.3. The van der Waals surface area contributed by atoms with Crippen molar-refractivity contribution in [3.63, 3.8) is 0 Å².